The Morgan fingerprint density at radius 1 is 1.14 bits per heavy atom. The van der Waals surface area contributed by atoms with E-state index in [-0.39, 0.29) is 0 Å². The standard InChI is InChI=1S/C10H12N4/c1-7-6-10(12)14(13-7)9-4-2-8(11)3-5-9/h2-6H,11-12H2,1H3. The van der Waals surface area contributed by atoms with Crippen LogP contribution in [0.1, 0.15) is 5.69 Å². The molecule has 4 heteroatoms. The van der Waals surface area contributed by atoms with Crippen molar-refractivity contribution < 1.29 is 0 Å². The van der Waals surface area contributed by atoms with Crippen LogP contribution in [0.2, 0.25) is 0 Å². The third kappa shape index (κ3) is 1.42. The van der Waals surface area contributed by atoms with Gasteiger partial charge in [0.1, 0.15) is 5.82 Å². The minimum atomic E-state index is 0.632. The molecule has 0 aliphatic heterocycles. The Hall–Kier alpha value is -1.97. The Balaban J connectivity index is 2.49. The summed E-state index contributed by atoms with van der Waals surface area (Å²) in [7, 11) is 0. The molecule has 0 radical (unpaired) electrons. The predicted molar refractivity (Wildman–Crippen MR) is 57.1 cm³/mol. The van der Waals surface area contributed by atoms with Crippen molar-refractivity contribution in [3.8, 4) is 5.69 Å². The van der Waals surface area contributed by atoms with Gasteiger partial charge < -0.3 is 11.5 Å². The molecule has 0 fully saturated rings. The maximum absolute atomic E-state index is 5.78. The number of rotatable bonds is 1. The largest absolute Gasteiger partial charge is 0.399 e. The zero-order chi connectivity index (χ0) is 10.1. The lowest BCUT2D eigenvalue weighted by molar-refractivity contribution is 0.872. The van der Waals surface area contributed by atoms with Crippen molar-refractivity contribution in [2.75, 3.05) is 11.5 Å². The van der Waals surface area contributed by atoms with Crippen LogP contribution in [0.5, 0.6) is 0 Å². The van der Waals surface area contributed by atoms with E-state index in [9.17, 15) is 0 Å². The van der Waals surface area contributed by atoms with Gasteiger partial charge in [0.15, 0.2) is 0 Å². The molecule has 0 saturated heterocycles. The lowest BCUT2D eigenvalue weighted by atomic mass is 10.3. The summed E-state index contributed by atoms with van der Waals surface area (Å²) in [5.74, 6) is 0.632. The quantitative estimate of drug-likeness (QED) is 0.663. The average Bonchev–Trinajstić information content (AvgIpc) is 2.47. The van der Waals surface area contributed by atoms with Gasteiger partial charge in [0.2, 0.25) is 0 Å². The third-order valence-electron chi connectivity index (χ3n) is 2.00. The van der Waals surface area contributed by atoms with Gasteiger partial charge in [0.25, 0.3) is 0 Å². The molecule has 0 atom stereocenters. The minimum absolute atomic E-state index is 0.632. The Labute approximate surface area is 82.1 Å². The smallest absolute Gasteiger partial charge is 0.127 e. The Bertz CT molecular complexity index is 442. The van der Waals surface area contributed by atoms with Gasteiger partial charge in [-0.1, -0.05) is 0 Å². The number of nitrogens with two attached hydrogens (primary N) is 2. The molecule has 2 rings (SSSR count). The number of aryl methyl sites for hydroxylation is 1. The zero-order valence-corrected chi connectivity index (χ0v) is 7.94. The highest BCUT2D eigenvalue weighted by Gasteiger charge is 2.02. The number of aromatic nitrogens is 2. The van der Waals surface area contributed by atoms with Crippen molar-refractivity contribution in [2.45, 2.75) is 6.92 Å². The highest BCUT2D eigenvalue weighted by atomic mass is 15.3. The number of nitrogen functional groups attached to an aromatic ring is 2. The molecule has 0 amide bonds. The van der Waals surface area contributed by atoms with Gasteiger partial charge in [-0.25, -0.2) is 4.68 Å². The van der Waals surface area contributed by atoms with Crippen molar-refractivity contribution in [3.05, 3.63) is 36.0 Å². The van der Waals surface area contributed by atoms with Crippen LogP contribution < -0.4 is 11.5 Å². The summed E-state index contributed by atoms with van der Waals surface area (Å²) >= 11 is 0. The summed E-state index contributed by atoms with van der Waals surface area (Å²) in [6.07, 6.45) is 0. The minimum Gasteiger partial charge on any atom is -0.399 e. The van der Waals surface area contributed by atoms with Crippen LogP contribution >= 0.6 is 0 Å². The molecule has 0 aliphatic carbocycles. The van der Waals surface area contributed by atoms with E-state index in [0.29, 0.717) is 5.82 Å². The summed E-state index contributed by atoms with van der Waals surface area (Å²) in [5.41, 5.74) is 13.9. The molecule has 0 saturated carbocycles. The monoisotopic (exact) mass is 188 g/mol. The van der Waals surface area contributed by atoms with Crippen molar-refractivity contribution in [1.29, 1.82) is 0 Å². The average molecular weight is 188 g/mol. The molecular weight excluding hydrogens is 176 g/mol. The van der Waals surface area contributed by atoms with Crippen LogP contribution in [0.15, 0.2) is 30.3 Å². The van der Waals surface area contributed by atoms with Crippen LogP contribution in [0.25, 0.3) is 5.69 Å². The van der Waals surface area contributed by atoms with E-state index < -0.39 is 0 Å². The summed E-state index contributed by atoms with van der Waals surface area (Å²) < 4.78 is 1.69. The van der Waals surface area contributed by atoms with Crippen LogP contribution in [-0.2, 0) is 0 Å². The van der Waals surface area contributed by atoms with E-state index in [1.54, 1.807) is 4.68 Å². The van der Waals surface area contributed by atoms with Crippen LogP contribution in [0.3, 0.4) is 0 Å². The molecule has 0 spiro atoms. The van der Waals surface area contributed by atoms with Crippen LogP contribution in [0, 0.1) is 6.92 Å². The van der Waals surface area contributed by atoms with E-state index in [2.05, 4.69) is 5.10 Å². The second-order valence-electron chi connectivity index (χ2n) is 3.21. The van der Waals surface area contributed by atoms with Gasteiger partial charge in [-0.15, -0.1) is 0 Å². The van der Waals surface area contributed by atoms with Gasteiger partial charge >= 0.3 is 0 Å². The number of nitrogens with zero attached hydrogens (tertiary/aromatic N) is 2. The number of benzene rings is 1. The summed E-state index contributed by atoms with van der Waals surface area (Å²) in [5, 5.41) is 4.26. The maximum Gasteiger partial charge on any atom is 0.127 e. The third-order valence-corrected chi connectivity index (χ3v) is 2.00. The molecule has 1 aromatic carbocycles. The van der Waals surface area contributed by atoms with Crippen LogP contribution in [-0.4, -0.2) is 9.78 Å². The fraction of sp³-hybridized carbons (Fsp3) is 0.100. The van der Waals surface area contributed by atoms with E-state index in [1.165, 1.54) is 0 Å². The van der Waals surface area contributed by atoms with E-state index >= 15 is 0 Å². The van der Waals surface area contributed by atoms with E-state index in [1.807, 2.05) is 37.3 Å². The highest BCUT2D eigenvalue weighted by molar-refractivity contribution is 5.48. The Kier molecular flexibility index (Phi) is 1.89. The lowest BCUT2D eigenvalue weighted by Crippen LogP contribution is -2.01. The van der Waals surface area contributed by atoms with Gasteiger partial charge in [0.05, 0.1) is 11.4 Å². The van der Waals surface area contributed by atoms with Gasteiger partial charge in [0, 0.05) is 11.8 Å². The highest BCUT2D eigenvalue weighted by Crippen LogP contribution is 2.15. The van der Waals surface area contributed by atoms with E-state index in [4.69, 9.17) is 11.5 Å². The molecule has 4 nitrogen and oxygen atoms in total. The first kappa shape index (κ1) is 8.62. The second-order valence-corrected chi connectivity index (χ2v) is 3.21. The predicted octanol–water partition coefficient (Wildman–Crippen LogP) is 1.35. The van der Waals surface area contributed by atoms with Crippen LogP contribution in [0.4, 0.5) is 11.5 Å². The molecule has 14 heavy (non-hydrogen) atoms. The SMILES string of the molecule is Cc1cc(N)n(-c2ccc(N)cc2)n1. The second kappa shape index (κ2) is 3.06. The molecule has 1 aromatic heterocycles. The summed E-state index contributed by atoms with van der Waals surface area (Å²) in [6, 6.07) is 9.25. The Morgan fingerprint density at radius 2 is 1.79 bits per heavy atom. The van der Waals surface area contributed by atoms with Gasteiger partial charge in [-0.3, -0.25) is 0 Å². The molecule has 0 unspecified atom stereocenters. The lowest BCUT2D eigenvalue weighted by Gasteiger charge is -2.03. The zero-order valence-electron chi connectivity index (χ0n) is 7.94. The first-order valence-electron chi connectivity index (χ1n) is 4.35. The molecule has 0 aliphatic rings. The molecule has 1 heterocycles. The first-order chi connectivity index (χ1) is 6.66. The van der Waals surface area contributed by atoms with E-state index in [0.717, 1.165) is 17.1 Å². The summed E-state index contributed by atoms with van der Waals surface area (Å²) in [6.45, 7) is 1.91. The first-order valence-corrected chi connectivity index (χ1v) is 4.35. The van der Waals surface area contributed by atoms with Crippen molar-refractivity contribution in [2.24, 2.45) is 0 Å². The number of hydrogen-bond donors (Lipinski definition) is 2. The fourth-order valence-corrected chi connectivity index (χ4v) is 1.34. The number of anilines is 2. The van der Waals surface area contributed by atoms with Crippen molar-refractivity contribution >= 4 is 11.5 Å². The van der Waals surface area contributed by atoms with Gasteiger partial charge in [-0.05, 0) is 31.2 Å². The van der Waals surface area contributed by atoms with Crippen molar-refractivity contribution in [1.82, 2.24) is 9.78 Å². The fourth-order valence-electron chi connectivity index (χ4n) is 1.34. The molecule has 2 aromatic rings. The number of hydrogen-bond acceptors (Lipinski definition) is 3. The molecule has 72 valence electrons. The Morgan fingerprint density at radius 3 is 2.29 bits per heavy atom. The molecular formula is C10H12N4. The summed E-state index contributed by atoms with van der Waals surface area (Å²) in [4.78, 5) is 0. The van der Waals surface area contributed by atoms with Crippen molar-refractivity contribution in [3.63, 3.8) is 0 Å². The van der Waals surface area contributed by atoms with Gasteiger partial charge in [-0.2, -0.15) is 5.10 Å². The maximum atomic E-state index is 5.78. The normalized spacial score (nSPS) is 10.4. The topological polar surface area (TPSA) is 69.9 Å². The molecule has 4 N–H and O–H groups in total. The molecule has 0 bridgehead atoms.